The fourth-order valence-corrected chi connectivity index (χ4v) is 3.87. The predicted molar refractivity (Wildman–Crippen MR) is 106 cm³/mol. The highest BCUT2D eigenvalue weighted by atomic mass is 15.2. The molecule has 0 bridgehead atoms. The Morgan fingerprint density at radius 1 is 1.23 bits per heavy atom. The molecule has 0 saturated carbocycles. The average molecular weight is 352 g/mol. The standard InChI is InChI=1S/C20H28N6/c1-21-20(22-13-17-15-26-11-6-5-9-19(26)23-17)24-16-10-12-25(14-16)18-7-3-2-4-8-18/h2-4,7-8,15-16H,5-6,9-14H2,1H3,(H2,21,22,24). The maximum absolute atomic E-state index is 4.75. The lowest BCUT2D eigenvalue weighted by molar-refractivity contribution is 0.522. The first kappa shape index (κ1) is 16.9. The molecule has 1 aromatic carbocycles. The highest BCUT2D eigenvalue weighted by molar-refractivity contribution is 5.80. The number of aliphatic imine (C=N–C) groups is 1. The summed E-state index contributed by atoms with van der Waals surface area (Å²) >= 11 is 0. The number of aryl methyl sites for hydroxylation is 2. The van der Waals surface area contributed by atoms with E-state index in [1.54, 1.807) is 0 Å². The summed E-state index contributed by atoms with van der Waals surface area (Å²) in [4.78, 5) is 11.6. The molecule has 4 rings (SSSR count). The average Bonchev–Trinajstić information content (AvgIpc) is 3.32. The Morgan fingerprint density at radius 2 is 2.12 bits per heavy atom. The Balaban J connectivity index is 1.29. The van der Waals surface area contributed by atoms with Gasteiger partial charge in [0, 0.05) is 51.0 Å². The Labute approximate surface area is 155 Å². The van der Waals surface area contributed by atoms with Gasteiger partial charge in [-0.25, -0.2) is 4.98 Å². The first-order valence-electron chi connectivity index (χ1n) is 9.64. The van der Waals surface area contributed by atoms with E-state index in [-0.39, 0.29) is 0 Å². The van der Waals surface area contributed by atoms with Crippen LogP contribution >= 0.6 is 0 Å². The van der Waals surface area contributed by atoms with Crippen LogP contribution in [-0.4, -0.2) is 41.7 Å². The minimum absolute atomic E-state index is 0.414. The molecule has 1 atom stereocenters. The zero-order valence-corrected chi connectivity index (χ0v) is 15.5. The third-order valence-electron chi connectivity index (χ3n) is 5.27. The molecule has 1 unspecified atom stereocenters. The lowest BCUT2D eigenvalue weighted by atomic mass is 10.2. The number of rotatable bonds is 4. The minimum Gasteiger partial charge on any atom is -0.369 e. The Kier molecular flexibility index (Phi) is 5.09. The molecular formula is C20H28N6. The number of aromatic nitrogens is 2. The van der Waals surface area contributed by atoms with E-state index in [1.165, 1.54) is 24.4 Å². The number of hydrogen-bond donors (Lipinski definition) is 2. The summed E-state index contributed by atoms with van der Waals surface area (Å²) in [6.45, 7) is 3.90. The summed E-state index contributed by atoms with van der Waals surface area (Å²) in [5.41, 5.74) is 2.39. The van der Waals surface area contributed by atoms with Gasteiger partial charge >= 0.3 is 0 Å². The second kappa shape index (κ2) is 7.81. The van der Waals surface area contributed by atoms with Crippen molar-refractivity contribution < 1.29 is 0 Å². The van der Waals surface area contributed by atoms with Crippen molar-refractivity contribution >= 4 is 11.6 Å². The van der Waals surface area contributed by atoms with Crippen LogP contribution in [0.5, 0.6) is 0 Å². The van der Waals surface area contributed by atoms with Crippen molar-refractivity contribution in [3.63, 3.8) is 0 Å². The molecule has 1 aromatic heterocycles. The van der Waals surface area contributed by atoms with Crippen LogP contribution in [0.3, 0.4) is 0 Å². The molecule has 138 valence electrons. The summed E-state index contributed by atoms with van der Waals surface area (Å²) < 4.78 is 2.30. The number of fused-ring (bicyclic) bond motifs is 1. The van der Waals surface area contributed by atoms with E-state index in [1.807, 2.05) is 7.05 Å². The van der Waals surface area contributed by atoms with Gasteiger partial charge in [0.05, 0.1) is 12.2 Å². The highest BCUT2D eigenvalue weighted by Crippen LogP contribution is 2.19. The Morgan fingerprint density at radius 3 is 2.92 bits per heavy atom. The van der Waals surface area contributed by atoms with Gasteiger partial charge in [0.15, 0.2) is 5.96 Å². The third kappa shape index (κ3) is 3.84. The minimum atomic E-state index is 0.414. The Hall–Kier alpha value is -2.50. The molecule has 0 aliphatic carbocycles. The summed E-state index contributed by atoms with van der Waals surface area (Å²) in [5, 5.41) is 6.98. The van der Waals surface area contributed by atoms with Gasteiger partial charge in [-0.2, -0.15) is 0 Å². The first-order chi connectivity index (χ1) is 12.8. The van der Waals surface area contributed by atoms with Crippen LogP contribution in [0.4, 0.5) is 5.69 Å². The topological polar surface area (TPSA) is 57.5 Å². The van der Waals surface area contributed by atoms with Gasteiger partial charge in [-0.3, -0.25) is 4.99 Å². The first-order valence-corrected chi connectivity index (χ1v) is 9.64. The molecule has 2 aromatic rings. The maximum atomic E-state index is 4.75. The summed E-state index contributed by atoms with van der Waals surface area (Å²) in [7, 11) is 1.83. The highest BCUT2D eigenvalue weighted by Gasteiger charge is 2.23. The van der Waals surface area contributed by atoms with Crippen molar-refractivity contribution in [1.82, 2.24) is 20.2 Å². The molecule has 1 fully saturated rings. The van der Waals surface area contributed by atoms with Crippen LogP contribution < -0.4 is 15.5 Å². The van der Waals surface area contributed by atoms with Crippen LogP contribution in [0.1, 0.15) is 30.8 Å². The zero-order chi connectivity index (χ0) is 17.8. The monoisotopic (exact) mass is 352 g/mol. The van der Waals surface area contributed by atoms with Crippen LogP contribution in [0.25, 0.3) is 0 Å². The molecule has 2 aliphatic heterocycles. The fraction of sp³-hybridized carbons (Fsp3) is 0.500. The van der Waals surface area contributed by atoms with E-state index >= 15 is 0 Å². The number of anilines is 1. The van der Waals surface area contributed by atoms with Crippen LogP contribution in [0.15, 0.2) is 41.5 Å². The number of imidazole rings is 1. The van der Waals surface area contributed by atoms with Gasteiger partial charge in [-0.05, 0) is 31.4 Å². The summed E-state index contributed by atoms with van der Waals surface area (Å²) in [6, 6.07) is 11.0. The lowest BCUT2D eigenvalue weighted by Crippen LogP contribution is -2.44. The van der Waals surface area contributed by atoms with Crippen LogP contribution in [0, 0.1) is 0 Å². The number of nitrogens with one attached hydrogen (secondary N) is 2. The molecule has 26 heavy (non-hydrogen) atoms. The second-order valence-corrected chi connectivity index (χ2v) is 7.14. The quantitative estimate of drug-likeness (QED) is 0.654. The van der Waals surface area contributed by atoms with Crippen LogP contribution in [0.2, 0.25) is 0 Å². The van der Waals surface area contributed by atoms with Crippen molar-refractivity contribution in [1.29, 1.82) is 0 Å². The molecule has 1 saturated heterocycles. The van der Waals surface area contributed by atoms with Gasteiger partial charge < -0.3 is 20.1 Å². The predicted octanol–water partition coefficient (Wildman–Crippen LogP) is 2.16. The summed E-state index contributed by atoms with van der Waals surface area (Å²) in [5.74, 6) is 2.08. The van der Waals surface area contributed by atoms with Gasteiger partial charge in [0.1, 0.15) is 5.82 Å². The van der Waals surface area contributed by atoms with Crippen LogP contribution in [-0.2, 0) is 19.5 Å². The molecule has 3 heterocycles. The van der Waals surface area contributed by atoms with Gasteiger partial charge in [0.2, 0.25) is 0 Å². The van der Waals surface area contributed by atoms with E-state index in [4.69, 9.17) is 4.98 Å². The molecular weight excluding hydrogens is 324 g/mol. The van der Waals surface area contributed by atoms with E-state index < -0.39 is 0 Å². The molecule has 0 radical (unpaired) electrons. The van der Waals surface area contributed by atoms with Gasteiger partial charge in [0.25, 0.3) is 0 Å². The van der Waals surface area contributed by atoms with E-state index in [0.29, 0.717) is 6.04 Å². The second-order valence-electron chi connectivity index (χ2n) is 7.14. The lowest BCUT2D eigenvalue weighted by Gasteiger charge is -2.20. The molecule has 2 aliphatic rings. The van der Waals surface area contributed by atoms with Crippen molar-refractivity contribution in [3.8, 4) is 0 Å². The Bertz CT molecular complexity index is 727. The van der Waals surface area contributed by atoms with E-state index in [2.05, 4.69) is 61.6 Å². The zero-order valence-electron chi connectivity index (χ0n) is 15.5. The molecule has 6 heteroatoms. The van der Waals surface area contributed by atoms with Crippen molar-refractivity contribution in [2.24, 2.45) is 4.99 Å². The SMILES string of the molecule is CN=C(NCc1cn2c(n1)CCCC2)NC1CCN(c2ccccc2)C1. The van der Waals surface area contributed by atoms with E-state index in [9.17, 15) is 0 Å². The summed E-state index contributed by atoms with van der Waals surface area (Å²) in [6.07, 6.45) is 6.92. The van der Waals surface area contributed by atoms with Gasteiger partial charge in [-0.1, -0.05) is 18.2 Å². The number of benzene rings is 1. The molecule has 2 N–H and O–H groups in total. The number of para-hydroxylation sites is 1. The van der Waals surface area contributed by atoms with Crippen molar-refractivity contribution in [2.45, 2.75) is 44.8 Å². The molecule has 6 nitrogen and oxygen atoms in total. The van der Waals surface area contributed by atoms with E-state index in [0.717, 1.165) is 50.7 Å². The fourth-order valence-electron chi connectivity index (χ4n) is 3.87. The van der Waals surface area contributed by atoms with Crippen molar-refractivity contribution in [3.05, 3.63) is 48.0 Å². The van der Waals surface area contributed by atoms with Gasteiger partial charge in [-0.15, -0.1) is 0 Å². The maximum Gasteiger partial charge on any atom is 0.191 e. The van der Waals surface area contributed by atoms with Crippen molar-refractivity contribution in [2.75, 3.05) is 25.0 Å². The molecule has 0 amide bonds. The molecule has 0 spiro atoms. The largest absolute Gasteiger partial charge is 0.369 e. The normalized spacial score (nSPS) is 20.1. The smallest absolute Gasteiger partial charge is 0.191 e. The number of nitrogens with zero attached hydrogens (tertiary/aromatic N) is 4. The number of hydrogen-bond acceptors (Lipinski definition) is 3. The third-order valence-corrected chi connectivity index (χ3v) is 5.27. The number of guanidine groups is 1.